The van der Waals surface area contributed by atoms with Gasteiger partial charge in [0.15, 0.2) is 0 Å². The van der Waals surface area contributed by atoms with Crippen LogP contribution in [0.1, 0.15) is 0 Å². The van der Waals surface area contributed by atoms with Crippen molar-refractivity contribution in [2.75, 3.05) is 0 Å². The molecule has 0 rings (SSSR count). The summed E-state index contributed by atoms with van der Waals surface area (Å²) in [5.41, 5.74) is 0. The largest absolute Gasteiger partial charge is 0.298 e. The maximum Gasteiger partial charge on any atom is 0.126 e. The van der Waals surface area contributed by atoms with Crippen LogP contribution in [-0.4, -0.2) is 27.3 Å². The second-order valence-corrected chi connectivity index (χ2v) is 26.5. The van der Waals surface area contributed by atoms with Gasteiger partial charge < -0.3 is 0 Å². The van der Waals surface area contributed by atoms with Crippen LogP contribution in [0.2, 0.25) is 58.9 Å². The van der Waals surface area contributed by atoms with E-state index in [1.54, 1.807) is 0 Å². The molecule has 0 N–H and O–H groups in total. The maximum atomic E-state index is 2.84. The highest BCUT2D eigenvalue weighted by atomic mass is 32.4. The van der Waals surface area contributed by atoms with Gasteiger partial charge in [-0.3, -0.25) is 3.64 Å². The van der Waals surface area contributed by atoms with E-state index in [-0.39, 0.29) is 0 Å². The van der Waals surface area contributed by atoms with Gasteiger partial charge in [0.05, 0.1) is 0 Å². The molecule has 0 aliphatic heterocycles. The van der Waals surface area contributed by atoms with Crippen molar-refractivity contribution in [3.63, 3.8) is 0 Å². The molecule has 0 aromatic heterocycles. The first-order valence-corrected chi connectivity index (χ1v) is 17.2. The van der Waals surface area contributed by atoms with Crippen LogP contribution < -0.4 is 0 Å². The Bertz CT molecular complexity index is 174. The smallest absolute Gasteiger partial charge is 0.126 e. The molecule has 0 bridgehead atoms. The first kappa shape index (κ1) is 15.0. The summed E-state index contributed by atoms with van der Waals surface area (Å²) in [7, 11) is -3.31. The lowest BCUT2D eigenvalue weighted by atomic mass is 11.8. The number of hydrogen-bond acceptors (Lipinski definition) is 2. The quantitative estimate of drug-likeness (QED) is 0.546. The third-order valence-corrected chi connectivity index (χ3v) is 15.9. The van der Waals surface area contributed by atoms with E-state index >= 15 is 0 Å². The molecule has 0 saturated heterocycles. The second-order valence-electron chi connectivity index (χ2n) is 6.84. The highest BCUT2D eigenvalue weighted by molar-refractivity contribution is 8.28. The highest BCUT2D eigenvalue weighted by Crippen LogP contribution is 2.34. The highest BCUT2D eigenvalue weighted by Gasteiger charge is 2.37. The van der Waals surface area contributed by atoms with E-state index in [1.807, 2.05) is 0 Å². The SMILES string of the molecule is C[Si](C)(C)SN([Si](C)(C)C)[Si](C)(C)C. The predicted molar refractivity (Wildman–Crippen MR) is 79.5 cm³/mol. The summed E-state index contributed by atoms with van der Waals surface area (Å²) >= 11 is 2.21. The van der Waals surface area contributed by atoms with Crippen molar-refractivity contribution < 1.29 is 0 Å². The molecule has 14 heavy (non-hydrogen) atoms. The molecule has 0 unspecified atom stereocenters. The van der Waals surface area contributed by atoms with Crippen molar-refractivity contribution in [3.05, 3.63) is 0 Å². The Labute approximate surface area is 97.6 Å². The van der Waals surface area contributed by atoms with E-state index in [2.05, 4.69) is 74.0 Å². The molecule has 0 amide bonds. The molecule has 0 saturated carbocycles. The zero-order chi connectivity index (χ0) is 11.8. The lowest BCUT2D eigenvalue weighted by Gasteiger charge is -2.45. The Balaban J connectivity index is 4.78. The van der Waals surface area contributed by atoms with E-state index in [4.69, 9.17) is 0 Å². The molecule has 0 radical (unpaired) electrons. The molecule has 0 heterocycles. The number of hydrogen-bond donors (Lipinski definition) is 0. The first-order valence-electron chi connectivity index (χ1n) is 5.33. The van der Waals surface area contributed by atoms with Gasteiger partial charge in [-0.15, -0.1) is 11.4 Å². The van der Waals surface area contributed by atoms with Crippen LogP contribution in [0.15, 0.2) is 0 Å². The fraction of sp³-hybridized carbons (Fsp3) is 1.00. The zero-order valence-corrected chi connectivity index (χ0v) is 15.2. The average Bonchev–Trinajstić information content (AvgIpc) is 1.75. The van der Waals surface area contributed by atoms with Crippen LogP contribution >= 0.6 is 11.4 Å². The molecule has 0 spiro atoms. The third-order valence-electron chi connectivity index (χ3n) is 1.58. The summed E-state index contributed by atoms with van der Waals surface area (Å²) in [5, 5.41) is 0. The third kappa shape index (κ3) is 5.75. The Morgan fingerprint density at radius 3 is 1.00 bits per heavy atom. The van der Waals surface area contributed by atoms with Crippen LogP contribution in [0.5, 0.6) is 0 Å². The van der Waals surface area contributed by atoms with Crippen LogP contribution in [0.4, 0.5) is 0 Å². The van der Waals surface area contributed by atoms with Gasteiger partial charge in [0.2, 0.25) is 0 Å². The van der Waals surface area contributed by atoms with Crippen molar-refractivity contribution in [2.24, 2.45) is 0 Å². The lowest BCUT2D eigenvalue weighted by molar-refractivity contribution is 1.01. The summed E-state index contributed by atoms with van der Waals surface area (Å²) < 4.78 is 2.84. The zero-order valence-electron chi connectivity index (χ0n) is 11.4. The molecule has 0 aliphatic rings. The first-order chi connectivity index (χ1) is 5.84. The monoisotopic (exact) mass is 265 g/mol. The Morgan fingerprint density at radius 1 is 0.643 bits per heavy atom. The van der Waals surface area contributed by atoms with Crippen LogP contribution in [-0.2, 0) is 0 Å². The molecular formula is C9H27NSSi3. The van der Waals surface area contributed by atoms with E-state index in [0.29, 0.717) is 0 Å². The summed E-state index contributed by atoms with van der Waals surface area (Å²) in [6.07, 6.45) is 0. The number of rotatable bonds is 4. The molecule has 0 aliphatic carbocycles. The minimum absolute atomic E-state index is 1.03. The second kappa shape index (κ2) is 4.45. The van der Waals surface area contributed by atoms with Crippen molar-refractivity contribution >= 4 is 35.1 Å². The lowest BCUT2D eigenvalue weighted by Crippen LogP contribution is -2.56. The van der Waals surface area contributed by atoms with Crippen molar-refractivity contribution in [3.8, 4) is 0 Å². The molecule has 5 heteroatoms. The van der Waals surface area contributed by atoms with Crippen LogP contribution in [0, 0.1) is 0 Å². The van der Waals surface area contributed by atoms with Gasteiger partial charge in [-0.1, -0.05) is 58.9 Å². The summed E-state index contributed by atoms with van der Waals surface area (Å²) in [4.78, 5) is 0. The topological polar surface area (TPSA) is 3.24 Å². The van der Waals surface area contributed by atoms with Gasteiger partial charge in [-0.25, -0.2) is 0 Å². The van der Waals surface area contributed by atoms with Gasteiger partial charge in [-0.2, -0.15) is 0 Å². The summed E-state index contributed by atoms with van der Waals surface area (Å²) in [6.45, 7) is 22.2. The Hall–Kier alpha value is 0.961. The molecule has 0 atom stereocenters. The van der Waals surface area contributed by atoms with Gasteiger partial charge in [0.1, 0.15) is 23.7 Å². The maximum absolute atomic E-state index is 2.84. The predicted octanol–water partition coefficient (Wildman–Crippen LogP) is 4.44. The van der Waals surface area contributed by atoms with E-state index in [0.717, 1.165) is 0 Å². The van der Waals surface area contributed by atoms with E-state index in [1.165, 1.54) is 0 Å². The Morgan fingerprint density at radius 2 is 0.929 bits per heavy atom. The van der Waals surface area contributed by atoms with Gasteiger partial charge >= 0.3 is 0 Å². The minimum Gasteiger partial charge on any atom is -0.298 e. The normalized spacial score (nSPS) is 15.0. The van der Waals surface area contributed by atoms with Gasteiger partial charge in [0, 0.05) is 0 Å². The summed E-state index contributed by atoms with van der Waals surface area (Å²) in [5.74, 6) is 0. The van der Waals surface area contributed by atoms with Crippen LogP contribution in [0.3, 0.4) is 0 Å². The Kier molecular flexibility index (Phi) is 4.75. The van der Waals surface area contributed by atoms with Crippen molar-refractivity contribution in [1.29, 1.82) is 0 Å². The number of nitrogens with zero attached hydrogens (tertiary/aromatic N) is 1. The van der Waals surface area contributed by atoms with Gasteiger partial charge in [0.25, 0.3) is 0 Å². The van der Waals surface area contributed by atoms with E-state index < -0.39 is 23.7 Å². The van der Waals surface area contributed by atoms with Crippen LogP contribution in [0.25, 0.3) is 0 Å². The fourth-order valence-corrected chi connectivity index (χ4v) is 23.8. The molecule has 0 fully saturated rings. The van der Waals surface area contributed by atoms with E-state index in [9.17, 15) is 0 Å². The average molecular weight is 266 g/mol. The molecular weight excluding hydrogens is 238 g/mol. The van der Waals surface area contributed by atoms with Crippen molar-refractivity contribution in [1.82, 2.24) is 3.64 Å². The molecule has 86 valence electrons. The van der Waals surface area contributed by atoms with Crippen molar-refractivity contribution in [2.45, 2.75) is 58.9 Å². The molecule has 0 aromatic carbocycles. The molecule has 0 aromatic rings. The minimum atomic E-state index is -1.14. The van der Waals surface area contributed by atoms with Gasteiger partial charge in [-0.05, 0) is 0 Å². The standard InChI is InChI=1S/C9H27NSSi3/c1-12(2,3)10(13(4,5)6)11-14(7,8)9/h1-9H3. The molecule has 1 nitrogen and oxygen atoms in total. The summed E-state index contributed by atoms with van der Waals surface area (Å²) in [6, 6.07) is 0. The fourth-order valence-electron chi connectivity index (χ4n) is 1.55.